The first kappa shape index (κ1) is 11.0. The van der Waals surface area contributed by atoms with E-state index in [1.165, 1.54) is 16.7 Å². The second-order valence-electron chi connectivity index (χ2n) is 3.78. The Morgan fingerprint density at radius 2 is 1.86 bits per heavy atom. The van der Waals surface area contributed by atoms with E-state index < -0.39 is 0 Å². The summed E-state index contributed by atoms with van der Waals surface area (Å²) >= 11 is 0. The van der Waals surface area contributed by atoms with Gasteiger partial charge in [0.25, 0.3) is 0 Å². The van der Waals surface area contributed by atoms with E-state index in [0.29, 0.717) is 13.2 Å². The summed E-state index contributed by atoms with van der Waals surface area (Å²) in [4.78, 5) is 0. The predicted molar refractivity (Wildman–Crippen MR) is 60.3 cm³/mol. The molecular formula is C13H18O. The molecule has 0 N–H and O–H groups in total. The van der Waals surface area contributed by atoms with Crippen molar-refractivity contribution >= 4 is 0 Å². The predicted octanol–water partition coefficient (Wildman–Crippen LogP) is 3.48. The maximum Gasteiger partial charge on any atom is 0.0721 e. The molecule has 0 fully saturated rings. The van der Waals surface area contributed by atoms with Gasteiger partial charge in [-0.3, -0.25) is 0 Å². The lowest BCUT2D eigenvalue weighted by molar-refractivity contribution is 0.148. The monoisotopic (exact) mass is 190 g/mol. The Labute approximate surface area is 86.4 Å². The fourth-order valence-electron chi connectivity index (χ4n) is 1.09. The van der Waals surface area contributed by atoms with Crippen molar-refractivity contribution in [3.05, 3.63) is 47.0 Å². The number of benzene rings is 1. The van der Waals surface area contributed by atoms with E-state index in [1.54, 1.807) is 0 Å². The Balaban J connectivity index is 2.32. The van der Waals surface area contributed by atoms with Crippen molar-refractivity contribution < 1.29 is 4.74 Å². The van der Waals surface area contributed by atoms with Crippen molar-refractivity contribution in [1.29, 1.82) is 0 Å². The smallest absolute Gasteiger partial charge is 0.0721 e. The zero-order chi connectivity index (χ0) is 10.4. The Morgan fingerprint density at radius 1 is 1.21 bits per heavy atom. The summed E-state index contributed by atoms with van der Waals surface area (Å²) in [6, 6.07) is 8.44. The fourth-order valence-corrected chi connectivity index (χ4v) is 1.09. The molecule has 1 rings (SSSR count). The third kappa shape index (κ3) is 4.24. The van der Waals surface area contributed by atoms with Gasteiger partial charge in [0.05, 0.1) is 13.2 Å². The second-order valence-corrected chi connectivity index (χ2v) is 3.78. The molecule has 76 valence electrons. The SMILES string of the molecule is CC(C)=CCOCc1ccc(C)cc1. The van der Waals surface area contributed by atoms with Gasteiger partial charge in [0.2, 0.25) is 0 Å². The van der Waals surface area contributed by atoms with Crippen LogP contribution in [-0.4, -0.2) is 6.61 Å². The van der Waals surface area contributed by atoms with E-state index in [-0.39, 0.29) is 0 Å². The lowest BCUT2D eigenvalue weighted by atomic mass is 10.2. The van der Waals surface area contributed by atoms with Gasteiger partial charge in [0.1, 0.15) is 0 Å². The summed E-state index contributed by atoms with van der Waals surface area (Å²) in [5, 5.41) is 0. The molecule has 0 aliphatic carbocycles. The molecule has 0 aliphatic heterocycles. The summed E-state index contributed by atoms with van der Waals surface area (Å²) in [5.41, 5.74) is 3.82. The van der Waals surface area contributed by atoms with E-state index in [0.717, 1.165) is 0 Å². The highest BCUT2D eigenvalue weighted by Gasteiger charge is 1.91. The van der Waals surface area contributed by atoms with Crippen LogP contribution in [0.3, 0.4) is 0 Å². The van der Waals surface area contributed by atoms with E-state index in [9.17, 15) is 0 Å². The van der Waals surface area contributed by atoms with Crippen LogP contribution in [0.15, 0.2) is 35.9 Å². The zero-order valence-electron chi connectivity index (χ0n) is 9.21. The molecule has 1 heteroatoms. The second kappa shape index (κ2) is 5.61. The molecule has 1 aromatic rings. The quantitative estimate of drug-likeness (QED) is 0.521. The van der Waals surface area contributed by atoms with Crippen LogP contribution in [0.4, 0.5) is 0 Å². The Hall–Kier alpha value is -1.08. The van der Waals surface area contributed by atoms with E-state index >= 15 is 0 Å². The summed E-state index contributed by atoms with van der Waals surface area (Å²) in [6.45, 7) is 7.65. The lowest BCUT2D eigenvalue weighted by Gasteiger charge is -2.02. The van der Waals surface area contributed by atoms with Crippen molar-refractivity contribution in [3.8, 4) is 0 Å². The van der Waals surface area contributed by atoms with Crippen LogP contribution in [0.1, 0.15) is 25.0 Å². The van der Waals surface area contributed by atoms with Gasteiger partial charge in [-0.1, -0.05) is 41.5 Å². The molecule has 1 nitrogen and oxygen atoms in total. The highest BCUT2D eigenvalue weighted by molar-refractivity contribution is 5.20. The maximum absolute atomic E-state index is 5.49. The fraction of sp³-hybridized carbons (Fsp3) is 0.385. The number of rotatable bonds is 4. The largest absolute Gasteiger partial charge is 0.373 e. The summed E-state index contributed by atoms with van der Waals surface area (Å²) in [7, 11) is 0. The first-order chi connectivity index (χ1) is 6.68. The van der Waals surface area contributed by atoms with Crippen molar-refractivity contribution in [2.45, 2.75) is 27.4 Å². The summed E-state index contributed by atoms with van der Waals surface area (Å²) in [5.74, 6) is 0. The van der Waals surface area contributed by atoms with Gasteiger partial charge in [-0.05, 0) is 26.3 Å². The highest BCUT2D eigenvalue weighted by Crippen LogP contribution is 2.04. The maximum atomic E-state index is 5.49. The average Bonchev–Trinajstić information content (AvgIpc) is 2.15. The molecule has 0 radical (unpaired) electrons. The first-order valence-electron chi connectivity index (χ1n) is 4.95. The molecule has 0 unspecified atom stereocenters. The molecule has 0 bridgehead atoms. The minimum atomic E-state index is 0.698. The highest BCUT2D eigenvalue weighted by atomic mass is 16.5. The number of allylic oxidation sites excluding steroid dienone is 1. The molecular weight excluding hydrogens is 172 g/mol. The topological polar surface area (TPSA) is 9.23 Å². The van der Waals surface area contributed by atoms with Crippen LogP contribution < -0.4 is 0 Å². The standard InChI is InChI=1S/C13H18O/c1-11(2)8-9-14-10-13-6-4-12(3)5-7-13/h4-8H,9-10H2,1-3H3. The molecule has 0 saturated carbocycles. The molecule has 0 atom stereocenters. The van der Waals surface area contributed by atoms with Crippen molar-refractivity contribution in [2.24, 2.45) is 0 Å². The molecule has 1 aromatic carbocycles. The Kier molecular flexibility index (Phi) is 4.41. The van der Waals surface area contributed by atoms with Gasteiger partial charge in [-0.2, -0.15) is 0 Å². The Bertz CT molecular complexity index is 292. The molecule has 0 amide bonds. The third-order valence-electron chi connectivity index (χ3n) is 2.00. The van der Waals surface area contributed by atoms with Crippen molar-refractivity contribution in [1.82, 2.24) is 0 Å². The number of hydrogen-bond acceptors (Lipinski definition) is 1. The van der Waals surface area contributed by atoms with Crippen LogP contribution in [0, 0.1) is 6.92 Å². The molecule has 14 heavy (non-hydrogen) atoms. The van der Waals surface area contributed by atoms with Crippen LogP contribution in [-0.2, 0) is 11.3 Å². The third-order valence-corrected chi connectivity index (χ3v) is 2.00. The number of aryl methyl sites for hydroxylation is 1. The van der Waals surface area contributed by atoms with Crippen LogP contribution >= 0.6 is 0 Å². The average molecular weight is 190 g/mol. The molecule has 0 aromatic heterocycles. The molecule has 0 aliphatic rings. The van der Waals surface area contributed by atoms with Crippen LogP contribution in [0.2, 0.25) is 0 Å². The summed E-state index contributed by atoms with van der Waals surface area (Å²) < 4.78 is 5.49. The number of ether oxygens (including phenoxy) is 1. The Morgan fingerprint density at radius 3 is 2.43 bits per heavy atom. The van der Waals surface area contributed by atoms with Gasteiger partial charge in [0, 0.05) is 0 Å². The molecule has 0 heterocycles. The van der Waals surface area contributed by atoms with Crippen molar-refractivity contribution in [2.75, 3.05) is 6.61 Å². The van der Waals surface area contributed by atoms with E-state index in [2.05, 4.69) is 51.1 Å². The summed E-state index contributed by atoms with van der Waals surface area (Å²) in [6.07, 6.45) is 2.09. The van der Waals surface area contributed by atoms with Crippen LogP contribution in [0.5, 0.6) is 0 Å². The van der Waals surface area contributed by atoms with Crippen LogP contribution in [0.25, 0.3) is 0 Å². The van der Waals surface area contributed by atoms with Crippen molar-refractivity contribution in [3.63, 3.8) is 0 Å². The zero-order valence-corrected chi connectivity index (χ0v) is 9.21. The van der Waals surface area contributed by atoms with Gasteiger partial charge >= 0.3 is 0 Å². The van der Waals surface area contributed by atoms with Gasteiger partial charge in [-0.25, -0.2) is 0 Å². The molecule has 0 spiro atoms. The lowest BCUT2D eigenvalue weighted by Crippen LogP contribution is -1.93. The van der Waals surface area contributed by atoms with E-state index in [4.69, 9.17) is 4.74 Å². The normalized spacial score (nSPS) is 9.93. The minimum absolute atomic E-state index is 0.698. The van der Waals surface area contributed by atoms with E-state index in [1.807, 2.05) is 0 Å². The molecule has 0 saturated heterocycles. The van der Waals surface area contributed by atoms with Gasteiger partial charge in [0.15, 0.2) is 0 Å². The van der Waals surface area contributed by atoms with Gasteiger partial charge < -0.3 is 4.74 Å². The number of hydrogen-bond donors (Lipinski definition) is 0. The first-order valence-corrected chi connectivity index (χ1v) is 4.95. The van der Waals surface area contributed by atoms with Gasteiger partial charge in [-0.15, -0.1) is 0 Å². The minimum Gasteiger partial charge on any atom is -0.373 e.